The van der Waals surface area contributed by atoms with E-state index in [4.69, 9.17) is 0 Å². The molecular weight excluding hydrogens is 220 g/mol. The Morgan fingerprint density at radius 3 is 2.35 bits per heavy atom. The van der Waals surface area contributed by atoms with Gasteiger partial charge in [-0.3, -0.25) is 0 Å². The third kappa shape index (κ3) is 3.50. The largest absolute Gasteiger partial charge is 0.313 e. The van der Waals surface area contributed by atoms with E-state index in [2.05, 4.69) is 19.2 Å². The molecule has 1 aromatic carbocycles. The summed E-state index contributed by atoms with van der Waals surface area (Å²) in [5.41, 5.74) is 0.666. The second kappa shape index (κ2) is 6.10. The van der Waals surface area contributed by atoms with Crippen LogP contribution < -0.4 is 5.32 Å². The minimum Gasteiger partial charge on any atom is -0.313 e. The topological polar surface area (TPSA) is 12.0 Å². The lowest BCUT2D eigenvalue weighted by Gasteiger charge is -2.19. The molecule has 0 aromatic heterocycles. The molecule has 1 nitrogen and oxygen atoms in total. The summed E-state index contributed by atoms with van der Waals surface area (Å²) in [7, 11) is 1.74. The predicted molar refractivity (Wildman–Crippen MR) is 67.0 cm³/mol. The van der Waals surface area contributed by atoms with Crippen LogP contribution in [0.15, 0.2) is 12.1 Å². The fraction of sp³-hybridized carbons (Fsp3) is 0.571. The van der Waals surface area contributed by atoms with E-state index in [0.717, 1.165) is 12.8 Å². The zero-order valence-corrected chi connectivity index (χ0v) is 11.0. The summed E-state index contributed by atoms with van der Waals surface area (Å²) in [6.45, 7) is 5.87. The van der Waals surface area contributed by atoms with Crippen molar-refractivity contribution in [1.82, 2.24) is 5.32 Å². The fourth-order valence-electron chi connectivity index (χ4n) is 1.93. The molecule has 1 atom stereocenters. The number of rotatable bonds is 5. The molecule has 0 heterocycles. The van der Waals surface area contributed by atoms with Crippen molar-refractivity contribution in [3.63, 3.8) is 0 Å². The fourth-order valence-corrected chi connectivity index (χ4v) is 1.93. The van der Waals surface area contributed by atoms with Crippen molar-refractivity contribution in [3.8, 4) is 0 Å². The highest BCUT2D eigenvalue weighted by atomic mass is 19.1. The number of hydrogen-bond donors (Lipinski definition) is 1. The Morgan fingerprint density at radius 2 is 1.82 bits per heavy atom. The molecule has 0 aliphatic carbocycles. The van der Waals surface area contributed by atoms with Crippen LogP contribution in [0.25, 0.3) is 0 Å². The van der Waals surface area contributed by atoms with Gasteiger partial charge in [0.2, 0.25) is 0 Å². The molecular formula is C14H21F2N. The Kier molecular flexibility index (Phi) is 5.06. The number of halogens is 2. The summed E-state index contributed by atoms with van der Waals surface area (Å²) < 4.78 is 27.7. The lowest BCUT2D eigenvalue weighted by Crippen LogP contribution is -2.20. The molecule has 1 rings (SSSR count). The van der Waals surface area contributed by atoms with Gasteiger partial charge < -0.3 is 5.32 Å². The zero-order chi connectivity index (χ0) is 13.0. The standard InChI is InChI=1S/C14H21F2N/c1-9(2)5-8-12(17-4)13-11(15)7-6-10(3)14(13)16/h6-7,9,12,17H,5,8H2,1-4H3. The van der Waals surface area contributed by atoms with Crippen LogP contribution in [0.4, 0.5) is 8.78 Å². The smallest absolute Gasteiger partial charge is 0.133 e. The molecule has 0 radical (unpaired) electrons. The summed E-state index contributed by atoms with van der Waals surface area (Å²) in [5.74, 6) is -0.355. The van der Waals surface area contributed by atoms with Crippen LogP contribution in [-0.2, 0) is 0 Å². The monoisotopic (exact) mass is 241 g/mol. The van der Waals surface area contributed by atoms with Gasteiger partial charge in [0.15, 0.2) is 0 Å². The zero-order valence-electron chi connectivity index (χ0n) is 11.0. The van der Waals surface area contributed by atoms with Gasteiger partial charge in [-0.1, -0.05) is 19.9 Å². The van der Waals surface area contributed by atoms with Gasteiger partial charge in [0.25, 0.3) is 0 Å². The third-order valence-corrected chi connectivity index (χ3v) is 3.05. The lowest BCUT2D eigenvalue weighted by atomic mass is 9.95. The molecule has 0 saturated heterocycles. The molecule has 0 saturated carbocycles. The van der Waals surface area contributed by atoms with Crippen molar-refractivity contribution in [3.05, 3.63) is 34.9 Å². The highest BCUT2D eigenvalue weighted by Gasteiger charge is 2.20. The van der Waals surface area contributed by atoms with Crippen molar-refractivity contribution in [2.75, 3.05) is 7.05 Å². The maximum atomic E-state index is 13.9. The first kappa shape index (κ1) is 14.1. The van der Waals surface area contributed by atoms with Crippen LogP contribution in [0.3, 0.4) is 0 Å². The van der Waals surface area contributed by atoms with Crippen molar-refractivity contribution in [2.24, 2.45) is 5.92 Å². The van der Waals surface area contributed by atoms with E-state index >= 15 is 0 Å². The van der Waals surface area contributed by atoms with E-state index in [0.29, 0.717) is 11.5 Å². The molecule has 0 spiro atoms. The summed E-state index contributed by atoms with van der Waals surface area (Å²) in [6, 6.07) is 2.56. The van der Waals surface area contributed by atoms with Crippen LogP contribution in [0.5, 0.6) is 0 Å². The van der Waals surface area contributed by atoms with Gasteiger partial charge in [-0.2, -0.15) is 0 Å². The molecule has 0 aliphatic heterocycles. The first-order chi connectivity index (χ1) is 7.97. The normalized spacial score (nSPS) is 13.1. The lowest BCUT2D eigenvalue weighted by molar-refractivity contribution is 0.429. The first-order valence-electron chi connectivity index (χ1n) is 6.09. The van der Waals surface area contributed by atoms with E-state index in [9.17, 15) is 8.78 Å². The molecule has 96 valence electrons. The number of aryl methyl sites for hydroxylation is 1. The average Bonchev–Trinajstić information content (AvgIpc) is 2.28. The predicted octanol–water partition coefficient (Wildman–Crippen LogP) is 3.97. The van der Waals surface area contributed by atoms with Gasteiger partial charge in [-0.15, -0.1) is 0 Å². The van der Waals surface area contributed by atoms with Crippen LogP contribution in [-0.4, -0.2) is 7.05 Å². The van der Waals surface area contributed by atoms with E-state index in [1.54, 1.807) is 14.0 Å². The third-order valence-electron chi connectivity index (χ3n) is 3.05. The molecule has 0 fully saturated rings. The van der Waals surface area contributed by atoms with Crippen molar-refractivity contribution >= 4 is 0 Å². The quantitative estimate of drug-likeness (QED) is 0.822. The Labute approximate surface area is 102 Å². The van der Waals surface area contributed by atoms with E-state index in [1.807, 2.05) is 0 Å². The average molecular weight is 241 g/mol. The van der Waals surface area contributed by atoms with Crippen molar-refractivity contribution in [2.45, 2.75) is 39.7 Å². The molecule has 0 bridgehead atoms. The number of nitrogens with one attached hydrogen (secondary N) is 1. The summed E-state index contributed by atoms with van der Waals surface area (Å²) in [6.07, 6.45) is 1.68. The first-order valence-corrected chi connectivity index (χ1v) is 6.09. The molecule has 1 unspecified atom stereocenters. The minimum atomic E-state index is -0.462. The summed E-state index contributed by atoms with van der Waals surface area (Å²) >= 11 is 0. The molecule has 1 aromatic rings. The van der Waals surface area contributed by atoms with Crippen LogP contribution in [0.1, 0.15) is 43.9 Å². The second-order valence-corrected chi connectivity index (χ2v) is 4.90. The molecule has 17 heavy (non-hydrogen) atoms. The Balaban J connectivity index is 2.98. The molecule has 1 N–H and O–H groups in total. The maximum absolute atomic E-state index is 13.9. The van der Waals surface area contributed by atoms with Crippen LogP contribution in [0, 0.1) is 24.5 Å². The van der Waals surface area contributed by atoms with Gasteiger partial charge in [0, 0.05) is 11.6 Å². The van der Waals surface area contributed by atoms with E-state index in [-0.39, 0.29) is 11.6 Å². The Morgan fingerprint density at radius 1 is 1.18 bits per heavy atom. The van der Waals surface area contributed by atoms with Gasteiger partial charge in [0.05, 0.1) is 0 Å². The van der Waals surface area contributed by atoms with Gasteiger partial charge in [0.1, 0.15) is 11.6 Å². The summed E-state index contributed by atoms with van der Waals surface area (Å²) in [5, 5.41) is 3.00. The highest BCUT2D eigenvalue weighted by molar-refractivity contribution is 5.29. The van der Waals surface area contributed by atoms with Crippen LogP contribution in [0.2, 0.25) is 0 Å². The molecule has 0 aliphatic rings. The SMILES string of the molecule is CNC(CCC(C)C)c1c(F)ccc(C)c1F. The Bertz CT molecular complexity index is 375. The van der Waals surface area contributed by atoms with Gasteiger partial charge >= 0.3 is 0 Å². The number of benzene rings is 1. The maximum Gasteiger partial charge on any atom is 0.133 e. The second-order valence-electron chi connectivity index (χ2n) is 4.90. The van der Waals surface area contributed by atoms with Crippen LogP contribution >= 0.6 is 0 Å². The van der Waals surface area contributed by atoms with Gasteiger partial charge in [-0.25, -0.2) is 8.78 Å². The number of hydrogen-bond acceptors (Lipinski definition) is 1. The highest BCUT2D eigenvalue weighted by Crippen LogP contribution is 2.27. The van der Waals surface area contributed by atoms with Crippen molar-refractivity contribution in [1.29, 1.82) is 0 Å². The minimum absolute atomic E-state index is 0.174. The Hall–Kier alpha value is -0.960. The summed E-state index contributed by atoms with van der Waals surface area (Å²) in [4.78, 5) is 0. The van der Waals surface area contributed by atoms with E-state index < -0.39 is 11.6 Å². The molecule has 3 heteroatoms. The molecule has 0 amide bonds. The van der Waals surface area contributed by atoms with E-state index in [1.165, 1.54) is 12.1 Å². The van der Waals surface area contributed by atoms with Gasteiger partial charge in [-0.05, 0) is 44.4 Å². The van der Waals surface area contributed by atoms with Crippen molar-refractivity contribution < 1.29 is 8.78 Å².